The minimum atomic E-state index is -0.174. The van der Waals surface area contributed by atoms with Crippen molar-refractivity contribution in [2.24, 2.45) is 0 Å². The van der Waals surface area contributed by atoms with Crippen LogP contribution in [0.2, 0.25) is 0 Å². The number of ketones is 1. The van der Waals surface area contributed by atoms with Gasteiger partial charge in [0, 0.05) is 18.3 Å². The zero-order chi connectivity index (χ0) is 16.4. The van der Waals surface area contributed by atoms with E-state index < -0.39 is 0 Å². The molecule has 1 aromatic carbocycles. The summed E-state index contributed by atoms with van der Waals surface area (Å²) in [5.41, 5.74) is 1.06. The predicted octanol–water partition coefficient (Wildman–Crippen LogP) is 1.66. The lowest BCUT2D eigenvalue weighted by atomic mass is 10.1. The number of likely N-dealkylation sites (N-methyl/N-ethyl adjacent to an activating group) is 1. The molecule has 0 atom stereocenters. The molecule has 0 fully saturated rings. The Morgan fingerprint density at radius 2 is 2.13 bits per heavy atom. The number of carbonyl (C=O) groups excluding carboxylic acids is 3. The highest BCUT2D eigenvalue weighted by Gasteiger charge is 2.26. The molecule has 2 aliphatic heterocycles. The van der Waals surface area contributed by atoms with Gasteiger partial charge < -0.3 is 14.5 Å². The fraction of sp³-hybridized carbons (Fsp3) is 0.312. The van der Waals surface area contributed by atoms with E-state index in [1.54, 1.807) is 34.7 Å². The van der Waals surface area contributed by atoms with Gasteiger partial charge in [0.15, 0.2) is 12.4 Å². The minimum Gasteiger partial charge on any atom is -0.482 e. The van der Waals surface area contributed by atoms with Crippen molar-refractivity contribution in [2.75, 3.05) is 30.3 Å². The number of fused-ring (bicyclic) bond motifs is 1. The number of anilines is 1. The van der Waals surface area contributed by atoms with Gasteiger partial charge in [0.05, 0.1) is 18.0 Å². The molecule has 0 aliphatic carbocycles. The minimum absolute atomic E-state index is 0.00436. The molecule has 120 valence electrons. The Labute approximate surface area is 138 Å². The van der Waals surface area contributed by atoms with Crippen molar-refractivity contribution in [3.8, 4) is 5.75 Å². The zero-order valence-corrected chi connectivity index (χ0v) is 13.5. The number of nitrogens with zero attached hydrogens (tertiary/aromatic N) is 2. The van der Waals surface area contributed by atoms with E-state index in [-0.39, 0.29) is 30.7 Å². The van der Waals surface area contributed by atoms with Crippen LogP contribution < -0.4 is 9.64 Å². The van der Waals surface area contributed by atoms with Crippen LogP contribution in [-0.2, 0) is 9.59 Å². The van der Waals surface area contributed by atoms with Crippen LogP contribution in [0, 0.1) is 0 Å². The molecule has 0 aromatic heterocycles. The largest absolute Gasteiger partial charge is 0.482 e. The van der Waals surface area contributed by atoms with E-state index in [4.69, 9.17) is 4.74 Å². The molecule has 0 radical (unpaired) electrons. The Kier molecular flexibility index (Phi) is 4.38. The Hall–Kier alpha value is -2.28. The van der Waals surface area contributed by atoms with E-state index in [0.29, 0.717) is 29.3 Å². The molecule has 2 amide bonds. The van der Waals surface area contributed by atoms with Crippen LogP contribution in [0.25, 0.3) is 0 Å². The lowest BCUT2D eigenvalue weighted by Crippen LogP contribution is -2.38. The SMILES string of the molecule is CCN1C(=O)COc2ccc(C(=O)CN3C=CSCC3=O)cc21. The molecule has 0 saturated carbocycles. The summed E-state index contributed by atoms with van der Waals surface area (Å²) in [6, 6.07) is 5.02. The molecule has 1 aromatic rings. The maximum atomic E-state index is 12.4. The van der Waals surface area contributed by atoms with Crippen molar-refractivity contribution in [1.29, 1.82) is 0 Å². The maximum absolute atomic E-state index is 12.4. The number of Topliss-reactive ketones (excluding diaryl/α,β-unsaturated/α-hetero) is 1. The Morgan fingerprint density at radius 1 is 1.30 bits per heavy atom. The summed E-state index contributed by atoms with van der Waals surface area (Å²) in [7, 11) is 0. The van der Waals surface area contributed by atoms with Crippen LogP contribution >= 0.6 is 11.8 Å². The number of rotatable bonds is 4. The summed E-state index contributed by atoms with van der Waals surface area (Å²) in [5, 5.41) is 1.80. The molecular weight excluding hydrogens is 316 g/mol. The van der Waals surface area contributed by atoms with E-state index in [1.165, 1.54) is 16.7 Å². The van der Waals surface area contributed by atoms with Crippen LogP contribution in [0.15, 0.2) is 29.8 Å². The first-order valence-electron chi connectivity index (χ1n) is 7.28. The van der Waals surface area contributed by atoms with E-state index in [2.05, 4.69) is 0 Å². The van der Waals surface area contributed by atoms with Crippen LogP contribution in [0.1, 0.15) is 17.3 Å². The summed E-state index contributed by atoms with van der Waals surface area (Å²) < 4.78 is 5.39. The first kappa shape index (κ1) is 15.6. The smallest absolute Gasteiger partial charge is 0.265 e. The van der Waals surface area contributed by atoms with Gasteiger partial charge in [-0.1, -0.05) is 0 Å². The topological polar surface area (TPSA) is 66.9 Å². The molecule has 0 saturated heterocycles. The first-order chi connectivity index (χ1) is 11.1. The van der Waals surface area contributed by atoms with Gasteiger partial charge in [-0.05, 0) is 30.5 Å². The second-order valence-corrected chi connectivity index (χ2v) is 6.04. The van der Waals surface area contributed by atoms with Gasteiger partial charge in [0.2, 0.25) is 5.91 Å². The van der Waals surface area contributed by atoms with Gasteiger partial charge in [-0.3, -0.25) is 14.4 Å². The van der Waals surface area contributed by atoms with Crippen molar-refractivity contribution in [1.82, 2.24) is 4.90 Å². The summed E-state index contributed by atoms with van der Waals surface area (Å²) >= 11 is 1.41. The second kappa shape index (κ2) is 6.45. The van der Waals surface area contributed by atoms with Gasteiger partial charge in [-0.15, -0.1) is 11.8 Å². The number of benzene rings is 1. The Balaban J connectivity index is 1.83. The third-order valence-electron chi connectivity index (χ3n) is 3.72. The summed E-state index contributed by atoms with van der Waals surface area (Å²) in [4.78, 5) is 39.1. The van der Waals surface area contributed by atoms with Gasteiger partial charge in [0.1, 0.15) is 5.75 Å². The molecule has 0 unspecified atom stereocenters. The molecule has 3 rings (SSSR count). The van der Waals surface area contributed by atoms with Crippen molar-refractivity contribution in [3.63, 3.8) is 0 Å². The van der Waals surface area contributed by atoms with E-state index in [9.17, 15) is 14.4 Å². The van der Waals surface area contributed by atoms with Gasteiger partial charge in [-0.2, -0.15) is 0 Å². The number of carbonyl (C=O) groups is 3. The summed E-state index contributed by atoms with van der Waals surface area (Å²) in [5.74, 6) is 0.549. The van der Waals surface area contributed by atoms with Crippen molar-refractivity contribution < 1.29 is 19.1 Å². The monoisotopic (exact) mass is 332 g/mol. The normalized spacial score (nSPS) is 17.1. The third kappa shape index (κ3) is 3.10. The van der Waals surface area contributed by atoms with Crippen molar-refractivity contribution in [2.45, 2.75) is 6.92 Å². The third-order valence-corrected chi connectivity index (χ3v) is 4.45. The Morgan fingerprint density at radius 3 is 2.87 bits per heavy atom. The number of hydrogen-bond acceptors (Lipinski definition) is 5. The van der Waals surface area contributed by atoms with Gasteiger partial charge in [0.25, 0.3) is 5.91 Å². The molecule has 6 nitrogen and oxygen atoms in total. The molecule has 2 heterocycles. The number of thioether (sulfide) groups is 1. The first-order valence-corrected chi connectivity index (χ1v) is 8.33. The lowest BCUT2D eigenvalue weighted by molar-refractivity contribution is -0.125. The molecule has 7 heteroatoms. The second-order valence-electron chi connectivity index (χ2n) is 5.15. The molecule has 2 aliphatic rings. The average molecular weight is 332 g/mol. The van der Waals surface area contributed by atoms with Crippen molar-refractivity contribution >= 4 is 35.0 Å². The van der Waals surface area contributed by atoms with Crippen LogP contribution in [-0.4, -0.2) is 47.9 Å². The lowest BCUT2D eigenvalue weighted by Gasteiger charge is -2.28. The van der Waals surface area contributed by atoms with Crippen LogP contribution in [0.5, 0.6) is 5.75 Å². The highest BCUT2D eigenvalue weighted by molar-refractivity contribution is 8.02. The average Bonchev–Trinajstić information content (AvgIpc) is 2.56. The molecule has 23 heavy (non-hydrogen) atoms. The number of ether oxygens (including phenoxy) is 1. The highest BCUT2D eigenvalue weighted by atomic mass is 32.2. The van der Waals surface area contributed by atoms with Crippen LogP contribution in [0.3, 0.4) is 0 Å². The van der Waals surface area contributed by atoms with Gasteiger partial charge >= 0.3 is 0 Å². The van der Waals surface area contributed by atoms with E-state index >= 15 is 0 Å². The van der Waals surface area contributed by atoms with Crippen LogP contribution in [0.4, 0.5) is 5.69 Å². The van der Waals surface area contributed by atoms with E-state index in [1.807, 2.05) is 6.92 Å². The highest BCUT2D eigenvalue weighted by Crippen LogP contribution is 2.33. The number of amides is 2. The standard InChI is InChI=1S/C16H16N2O4S/c1-2-18-12-7-11(3-4-14(12)22-9-15(18)20)13(19)8-17-5-6-23-10-16(17)21/h3-7H,2,8-10H2,1H3. The molecule has 0 N–H and O–H groups in total. The predicted molar refractivity (Wildman–Crippen MR) is 87.6 cm³/mol. The summed E-state index contributed by atoms with van der Waals surface area (Å²) in [6.45, 7) is 2.39. The maximum Gasteiger partial charge on any atom is 0.265 e. The van der Waals surface area contributed by atoms with E-state index in [0.717, 1.165) is 0 Å². The van der Waals surface area contributed by atoms with Gasteiger partial charge in [-0.25, -0.2) is 0 Å². The summed E-state index contributed by atoms with van der Waals surface area (Å²) in [6.07, 6.45) is 1.62. The van der Waals surface area contributed by atoms with Crippen molar-refractivity contribution in [3.05, 3.63) is 35.4 Å². The fourth-order valence-corrected chi connectivity index (χ4v) is 3.15. The zero-order valence-electron chi connectivity index (χ0n) is 12.7. The molecular formula is C16H16N2O4S. The quantitative estimate of drug-likeness (QED) is 0.785. The molecule has 0 spiro atoms. The number of hydrogen-bond donors (Lipinski definition) is 0. The Bertz CT molecular complexity index is 701. The molecule has 0 bridgehead atoms. The fourth-order valence-electron chi connectivity index (χ4n) is 2.51.